The molecule has 3 unspecified atom stereocenters. The van der Waals surface area contributed by atoms with Gasteiger partial charge < -0.3 is 10.1 Å². The van der Waals surface area contributed by atoms with Crippen molar-refractivity contribution in [2.24, 2.45) is 11.3 Å². The summed E-state index contributed by atoms with van der Waals surface area (Å²) in [7, 11) is 0. The molecule has 110 valence electrons. The Morgan fingerprint density at radius 1 is 1.30 bits per heavy atom. The molecule has 3 atom stereocenters. The van der Waals surface area contributed by atoms with E-state index in [9.17, 15) is 4.39 Å². The second kappa shape index (κ2) is 5.04. The minimum Gasteiger partial charge on any atom is -0.381 e. The lowest BCUT2D eigenvalue weighted by Crippen LogP contribution is -2.67. The van der Waals surface area contributed by atoms with Crippen LogP contribution in [0.3, 0.4) is 0 Å². The topological polar surface area (TPSA) is 21.3 Å². The van der Waals surface area contributed by atoms with E-state index in [4.69, 9.17) is 27.9 Å². The van der Waals surface area contributed by atoms with E-state index in [0.29, 0.717) is 18.1 Å². The molecule has 1 aliphatic heterocycles. The Kier molecular flexibility index (Phi) is 3.64. The summed E-state index contributed by atoms with van der Waals surface area (Å²) in [6, 6.07) is 3.48. The van der Waals surface area contributed by atoms with Crippen molar-refractivity contribution in [1.29, 1.82) is 0 Å². The van der Waals surface area contributed by atoms with E-state index in [1.54, 1.807) is 12.1 Å². The van der Waals surface area contributed by atoms with E-state index in [2.05, 4.69) is 19.2 Å². The quantitative estimate of drug-likeness (QED) is 0.795. The van der Waals surface area contributed by atoms with Crippen molar-refractivity contribution in [3.8, 4) is 0 Å². The largest absolute Gasteiger partial charge is 0.381 e. The van der Waals surface area contributed by atoms with Crippen molar-refractivity contribution in [1.82, 2.24) is 0 Å². The van der Waals surface area contributed by atoms with Gasteiger partial charge in [0.15, 0.2) is 5.82 Å². The SMILES string of the molecule is CC1(C)C(Nc2cc(Cl)c(F)c(Cl)c2)C2CCCOC21. The maximum absolute atomic E-state index is 13.5. The summed E-state index contributed by atoms with van der Waals surface area (Å²) in [4.78, 5) is 0. The van der Waals surface area contributed by atoms with E-state index in [1.165, 1.54) is 0 Å². The molecule has 5 heteroatoms. The van der Waals surface area contributed by atoms with Gasteiger partial charge in [-0.2, -0.15) is 0 Å². The maximum Gasteiger partial charge on any atom is 0.160 e. The Labute approximate surface area is 128 Å². The molecule has 2 nitrogen and oxygen atoms in total. The second-order valence-electron chi connectivity index (χ2n) is 6.29. The first-order valence-corrected chi connectivity index (χ1v) is 7.69. The highest BCUT2D eigenvalue weighted by molar-refractivity contribution is 6.35. The molecule has 0 amide bonds. The van der Waals surface area contributed by atoms with Crippen molar-refractivity contribution in [2.45, 2.75) is 38.8 Å². The van der Waals surface area contributed by atoms with E-state index in [0.717, 1.165) is 25.1 Å². The minimum absolute atomic E-state index is 0.0496. The van der Waals surface area contributed by atoms with Crippen LogP contribution in [0.1, 0.15) is 26.7 Å². The summed E-state index contributed by atoms with van der Waals surface area (Å²) >= 11 is 11.7. The Morgan fingerprint density at radius 3 is 2.60 bits per heavy atom. The molecule has 1 aliphatic carbocycles. The number of fused-ring (bicyclic) bond motifs is 1. The molecule has 0 radical (unpaired) electrons. The number of anilines is 1. The van der Waals surface area contributed by atoms with Crippen molar-refractivity contribution < 1.29 is 9.13 Å². The zero-order valence-corrected chi connectivity index (χ0v) is 13.1. The molecule has 2 fully saturated rings. The van der Waals surface area contributed by atoms with Gasteiger partial charge in [0.05, 0.1) is 16.1 Å². The summed E-state index contributed by atoms with van der Waals surface area (Å²) in [5.41, 5.74) is 0.821. The molecule has 1 saturated heterocycles. The predicted octanol–water partition coefficient (Wildman–Crippen LogP) is 4.75. The first-order valence-electron chi connectivity index (χ1n) is 6.94. The molecule has 1 saturated carbocycles. The number of rotatable bonds is 2. The minimum atomic E-state index is -0.564. The first-order chi connectivity index (χ1) is 9.41. The summed E-state index contributed by atoms with van der Waals surface area (Å²) in [6.45, 7) is 5.25. The molecule has 2 aliphatic rings. The van der Waals surface area contributed by atoms with Crippen molar-refractivity contribution in [2.75, 3.05) is 11.9 Å². The molecule has 3 rings (SSSR count). The van der Waals surface area contributed by atoms with Gasteiger partial charge >= 0.3 is 0 Å². The Hall–Kier alpha value is -0.510. The second-order valence-corrected chi connectivity index (χ2v) is 7.11. The number of nitrogens with one attached hydrogen (secondary N) is 1. The monoisotopic (exact) mass is 317 g/mol. The van der Waals surface area contributed by atoms with Crippen LogP contribution < -0.4 is 5.32 Å². The van der Waals surface area contributed by atoms with Crippen LogP contribution in [0.15, 0.2) is 12.1 Å². The van der Waals surface area contributed by atoms with Gasteiger partial charge in [0.25, 0.3) is 0 Å². The number of hydrogen-bond acceptors (Lipinski definition) is 2. The lowest BCUT2D eigenvalue weighted by Gasteiger charge is -2.60. The predicted molar refractivity (Wildman–Crippen MR) is 80.1 cm³/mol. The zero-order chi connectivity index (χ0) is 14.5. The molecule has 1 aromatic carbocycles. The Bertz CT molecular complexity index is 512. The third kappa shape index (κ3) is 2.20. The summed E-state index contributed by atoms with van der Waals surface area (Å²) in [5.74, 6) is -0.0630. The summed E-state index contributed by atoms with van der Waals surface area (Å²) < 4.78 is 19.3. The molecular weight excluding hydrogens is 300 g/mol. The van der Waals surface area contributed by atoms with Gasteiger partial charge in [-0.25, -0.2) is 4.39 Å². The molecule has 0 aromatic heterocycles. The fourth-order valence-electron chi connectivity index (χ4n) is 3.63. The van der Waals surface area contributed by atoms with Gasteiger partial charge in [-0.3, -0.25) is 0 Å². The van der Waals surface area contributed by atoms with Crippen molar-refractivity contribution in [3.05, 3.63) is 28.0 Å². The van der Waals surface area contributed by atoms with Crippen LogP contribution in [0.4, 0.5) is 10.1 Å². The smallest absolute Gasteiger partial charge is 0.160 e. The van der Waals surface area contributed by atoms with Crippen LogP contribution in [-0.2, 0) is 4.74 Å². The molecule has 0 bridgehead atoms. The van der Waals surface area contributed by atoms with Crippen molar-refractivity contribution >= 4 is 28.9 Å². The fraction of sp³-hybridized carbons (Fsp3) is 0.600. The highest BCUT2D eigenvalue weighted by atomic mass is 35.5. The molecule has 0 spiro atoms. The van der Waals surface area contributed by atoms with E-state index >= 15 is 0 Å². The van der Waals surface area contributed by atoms with Crippen LogP contribution in [-0.4, -0.2) is 18.8 Å². The average molecular weight is 318 g/mol. The van der Waals surface area contributed by atoms with Gasteiger partial charge in [0.2, 0.25) is 0 Å². The highest BCUT2D eigenvalue weighted by Crippen LogP contribution is 2.52. The normalized spacial score (nSPS) is 31.4. The maximum atomic E-state index is 13.5. The number of ether oxygens (including phenoxy) is 1. The van der Waals surface area contributed by atoms with Gasteiger partial charge in [-0.15, -0.1) is 0 Å². The molecule has 1 N–H and O–H groups in total. The molecular formula is C15H18Cl2FNO. The summed E-state index contributed by atoms with van der Waals surface area (Å²) in [6.07, 6.45) is 2.56. The standard InChI is InChI=1S/C15H18Cl2FNO/c1-15(2)13(9-4-3-5-20-14(9)15)19-8-6-10(16)12(18)11(17)7-8/h6-7,9,13-14,19H,3-5H2,1-2H3. The number of halogens is 3. The van der Waals surface area contributed by atoms with E-state index < -0.39 is 5.82 Å². The third-order valence-corrected chi connectivity index (χ3v) is 5.19. The van der Waals surface area contributed by atoms with Crippen LogP contribution >= 0.6 is 23.2 Å². The van der Waals surface area contributed by atoms with Crippen molar-refractivity contribution in [3.63, 3.8) is 0 Å². The number of benzene rings is 1. The van der Waals surface area contributed by atoms with Gasteiger partial charge in [0, 0.05) is 29.7 Å². The number of hydrogen-bond donors (Lipinski definition) is 1. The lowest BCUT2D eigenvalue weighted by molar-refractivity contribution is -0.177. The first kappa shape index (κ1) is 14.4. The van der Waals surface area contributed by atoms with Gasteiger partial charge in [-0.1, -0.05) is 37.0 Å². The lowest BCUT2D eigenvalue weighted by atomic mass is 9.55. The van der Waals surface area contributed by atoms with E-state index in [1.807, 2.05) is 0 Å². The van der Waals surface area contributed by atoms with Crippen LogP contribution in [0.25, 0.3) is 0 Å². The van der Waals surface area contributed by atoms with Gasteiger partial charge in [0.1, 0.15) is 0 Å². The summed E-state index contributed by atoms with van der Waals surface area (Å²) in [5, 5.41) is 3.56. The Balaban J connectivity index is 1.81. The van der Waals surface area contributed by atoms with Crippen LogP contribution in [0.5, 0.6) is 0 Å². The van der Waals surface area contributed by atoms with E-state index in [-0.39, 0.29) is 15.5 Å². The average Bonchev–Trinajstić information content (AvgIpc) is 2.42. The molecule has 1 heterocycles. The van der Waals surface area contributed by atoms with Crippen LogP contribution in [0, 0.1) is 17.2 Å². The van der Waals surface area contributed by atoms with Gasteiger partial charge in [-0.05, 0) is 25.0 Å². The fourth-order valence-corrected chi connectivity index (χ4v) is 4.12. The third-order valence-electron chi connectivity index (χ3n) is 4.64. The molecule has 20 heavy (non-hydrogen) atoms. The van der Waals surface area contributed by atoms with Crippen LogP contribution in [0.2, 0.25) is 10.0 Å². The highest BCUT2D eigenvalue weighted by Gasteiger charge is 2.57. The molecule has 1 aromatic rings. The Morgan fingerprint density at radius 2 is 1.95 bits per heavy atom. The zero-order valence-electron chi connectivity index (χ0n) is 11.6.